The maximum atomic E-state index is 12.3. The molecule has 0 aromatic heterocycles. The van der Waals surface area contributed by atoms with Crippen molar-refractivity contribution in [3.8, 4) is 12.3 Å². The lowest BCUT2D eigenvalue weighted by atomic mass is 9.34. The number of aliphatic carboxylic acids is 1. The fourth-order valence-corrected chi connectivity index (χ4v) is 8.98. The van der Waals surface area contributed by atoms with Crippen molar-refractivity contribution < 1.29 is 20.1 Å². The Bertz CT molecular complexity index is 1190. The second-order valence-electron chi connectivity index (χ2n) is 13.4. The van der Waals surface area contributed by atoms with Gasteiger partial charge in [0.1, 0.15) is 11.9 Å². The quantitative estimate of drug-likeness (QED) is 0.378. The zero-order valence-corrected chi connectivity index (χ0v) is 22.1. The molecule has 0 radical (unpaired) electrons. The second-order valence-corrected chi connectivity index (χ2v) is 13.4. The van der Waals surface area contributed by atoms with Gasteiger partial charge in [-0.05, 0) is 104 Å². The fraction of sp³-hybridized carbons (Fsp3) is 0.645. The van der Waals surface area contributed by atoms with Gasteiger partial charge in [-0.3, -0.25) is 4.79 Å². The zero-order valence-electron chi connectivity index (χ0n) is 22.1. The summed E-state index contributed by atoms with van der Waals surface area (Å²) in [4.78, 5) is 12.3. The molecular weight excluding hydrogens is 436 g/mol. The Labute approximate surface area is 209 Å². The molecule has 4 nitrogen and oxygen atoms in total. The van der Waals surface area contributed by atoms with Crippen LogP contribution in [-0.2, 0) is 4.79 Å². The van der Waals surface area contributed by atoms with Crippen LogP contribution < -0.4 is 0 Å². The summed E-state index contributed by atoms with van der Waals surface area (Å²) in [6.45, 7) is 13.3. The summed E-state index contributed by atoms with van der Waals surface area (Å²) in [6, 6.07) is 0. The van der Waals surface area contributed by atoms with Crippen LogP contribution in [0.2, 0.25) is 0 Å². The van der Waals surface area contributed by atoms with E-state index in [4.69, 9.17) is 6.42 Å². The normalized spacial score (nSPS) is 46.9. The largest absolute Gasteiger partial charge is 0.509 e. The van der Waals surface area contributed by atoms with Crippen LogP contribution in [0, 0.1) is 45.3 Å². The van der Waals surface area contributed by atoms with E-state index in [1.54, 1.807) is 0 Å². The van der Waals surface area contributed by atoms with Crippen molar-refractivity contribution in [2.24, 2.45) is 33.0 Å². The minimum Gasteiger partial charge on any atom is -0.509 e. The van der Waals surface area contributed by atoms with Crippen LogP contribution in [0.1, 0.15) is 86.5 Å². The van der Waals surface area contributed by atoms with Crippen molar-refractivity contribution in [2.45, 2.75) is 92.6 Å². The third-order valence-corrected chi connectivity index (χ3v) is 11.8. The SMILES string of the molecule is C#CC1=C2C(=CC(O)C(O)=C2C)[C@]2(C)CC[C@@]3(C)[C@@H]4C[C@](C)(C(=O)O)CC[C@]4(C)CC[C@]3(C)C2=C1. The summed E-state index contributed by atoms with van der Waals surface area (Å²) >= 11 is 0. The minimum absolute atomic E-state index is 0.0209. The number of fused-ring (bicyclic) bond motifs is 7. The Morgan fingerprint density at radius 3 is 2.34 bits per heavy atom. The minimum atomic E-state index is -1.02. The Hall–Kier alpha value is -2.25. The van der Waals surface area contributed by atoms with Crippen molar-refractivity contribution in [3.63, 3.8) is 0 Å². The van der Waals surface area contributed by atoms with Crippen LogP contribution in [0.4, 0.5) is 0 Å². The molecule has 188 valence electrons. The molecule has 0 saturated heterocycles. The van der Waals surface area contributed by atoms with Gasteiger partial charge < -0.3 is 15.3 Å². The highest BCUT2D eigenvalue weighted by Crippen LogP contribution is 2.75. The number of carboxylic acid groups (broad SMARTS) is 1. The number of terminal acetylenes is 1. The van der Waals surface area contributed by atoms with Crippen LogP contribution in [0.25, 0.3) is 0 Å². The van der Waals surface area contributed by atoms with Gasteiger partial charge >= 0.3 is 5.97 Å². The van der Waals surface area contributed by atoms with Crippen molar-refractivity contribution in [2.75, 3.05) is 0 Å². The first-order valence-electron chi connectivity index (χ1n) is 13.1. The number of allylic oxidation sites excluding steroid dienone is 6. The lowest BCUT2D eigenvalue weighted by molar-refractivity contribution is -0.178. The Morgan fingerprint density at radius 1 is 1.06 bits per heavy atom. The smallest absolute Gasteiger partial charge is 0.309 e. The summed E-state index contributed by atoms with van der Waals surface area (Å²) in [7, 11) is 0. The van der Waals surface area contributed by atoms with E-state index in [2.05, 4.69) is 39.7 Å². The molecule has 5 rings (SSSR count). The number of hydrogen-bond donors (Lipinski definition) is 3. The summed E-state index contributed by atoms with van der Waals surface area (Å²) < 4.78 is 0. The molecule has 3 fully saturated rings. The molecule has 0 spiro atoms. The van der Waals surface area contributed by atoms with Gasteiger partial charge in [0.25, 0.3) is 0 Å². The predicted octanol–water partition coefficient (Wildman–Crippen LogP) is 6.49. The standard InChI is InChI=1S/C31H40O4/c1-8-19-15-22-29(5,20-16-21(32)25(33)18(2)24(19)20)12-14-31(7)23-17-28(4,26(34)35)10-9-27(23,3)11-13-30(22,31)6/h1,15-16,21,23,32-33H,9-14,17H2,2-7H3,(H,34,35)/t21?,23-,27-,28-,29+,30-,31+/m1/s1. The molecule has 7 atom stereocenters. The molecule has 3 saturated carbocycles. The van der Waals surface area contributed by atoms with E-state index in [-0.39, 0.29) is 27.4 Å². The Morgan fingerprint density at radius 2 is 1.71 bits per heavy atom. The van der Waals surface area contributed by atoms with Gasteiger partial charge in [0, 0.05) is 16.6 Å². The highest BCUT2D eigenvalue weighted by molar-refractivity contribution is 5.74. The first-order chi connectivity index (χ1) is 16.2. The number of carbonyl (C=O) groups is 1. The molecule has 5 aliphatic rings. The molecule has 1 unspecified atom stereocenters. The van der Waals surface area contributed by atoms with Gasteiger partial charge in [0.15, 0.2) is 0 Å². The average Bonchev–Trinajstić information content (AvgIpc) is 2.80. The highest BCUT2D eigenvalue weighted by Gasteiger charge is 2.67. The summed E-state index contributed by atoms with van der Waals surface area (Å²) in [6.07, 6.45) is 15.5. The first-order valence-corrected chi connectivity index (χ1v) is 13.1. The number of carboxylic acids is 1. The third kappa shape index (κ3) is 2.88. The molecule has 0 heterocycles. The second kappa shape index (κ2) is 7.16. The fourth-order valence-electron chi connectivity index (χ4n) is 8.98. The number of hydrogen-bond acceptors (Lipinski definition) is 3. The molecule has 5 aliphatic carbocycles. The first kappa shape index (κ1) is 24.4. The molecule has 0 amide bonds. The zero-order chi connectivity index (χ0) is 25.8. The average molecular weight is 477 g/mol. The van der Waals surface area contributed by atoms with Gasteiger partial charge in [0.05, 0.1) is 5.41 Å². The van der Waals surface area contributed by atoms with Gasteiger partial charge in [-0.25, -0.2) is 0 Å². The van der Waals surface area contributed by atoms with Crippen molar-refractivity contribution in [3.05, 3.63) is 45.8 Å². The van der Waals surface area contributed by atoms with Gasteiger partial charge in [-0.2, -0.15) is 0 Å². The van der Waals surface area contributed by atoms with Crippen LogP contribution >= 0.6 is 0 Å². The third-order valence-electron chi connectivity index (χ3n) is 11.8. The van der Waals surface area contributed by atoms with Gasteiger partial charge in [-0.15, -0.1) is 6.42 Å². The van der Waals surface area contributed by atoms with E-state index in [0.717, 1.165) is 61.7 Å². The van der Waals surface area contributed by atoms with E-state index in [1.165, 1.54) is 5.57 Å². The van der Waals surface area contributed by atoms with Crippen molar-refractivity contribution in [1.82, 2.24) is 0 Å². The maximum Gasteiger partial charge on any atom is 0.309 e. The topological polar surface area (TPSA) is 77.8 Å². The van der Waals surface area contributed by atoms with E-state index in [1.807, 2.05) is 19.9 Å². The van der Waals surface area contributed by atoms with Crippen LogP contribution in [0.3, 0.4) is 0 Å². The summed E-state index contributed by atoms with van der Waals surface area (Å²) in [5, 5.41) is 31.3. The Balaban J connectivity index is 1.70. The number of aliphatic hydroxyl groups is 2. The summed E-state index contributed by atoms with van der Waals surface area (Å²) in [5.74, 6) is 2.52. The van der Waals surface area contributed by atoms with E-state index < -0.39 is 17.5 Å². The van der Waals surface area contributed by atoms with Crippen LogP contribution in [0.15, 0.2) is 45.8 Å². The van der Waals surface area contributed by atoms with Crippen molar-refractivity contribution in [1.29, 1.82) is 0 Å². The molecule has 3 N–H and O–H groups in total. The predicted molar refractivity (Wildman–Crippen MR) is 137 cm³/mol. The molecule has 0 aromatic carbocycles. The molecule has 35 heavy (non-hydrogen) atoms. The van der Waals surface area contributed by atoms with E-state index in [9.17, 15) is 20.1 Å². The molecule has 4 heteroatoms. The molecule has 0 aliphatic heterocycles. The van der Waals surface area contributed by atoms with E-state index in [0.29, 0.717) is 11.5 Å². The van der Waals surface area contributed by atoms with Crippen LogP contribution in [0.5, 0.6) is 0 Å². The highest BCUT2D eigenvalue weighted by atomic mass is 16.4. The van der Waals surface area contributed by atoms with Gasteiger partial charge in [-0.1, -0.05) is 39.2 Å². The lowest BCUT2D eigenvalue weighted by Crippen LogP contribution is -2.62. The maximum absolute atomic E-state index is 12.3. The molecular formula is C31H40O4. The number of rotatable bonds is 1. The monoisotopic (exact) mass is 476 g/mol. The lowest BCUT2D eigenvalue weighted by Gasteiger charge is -2.70. The summed E-state index contributed by atoms with van der Waals surface area (Å²) in [5.41, 5.74) is 3.69. The Kier molecular flexibility index (Phi) is 5.00. The van der Waals surface area contributed by atoms with Crippen LogP contribution in [-0.4, -0.2) is 27.4 Å². The van der Waals surface area contributed by atoms with E-state index >= 15 is 0 Å². The number of aliphatic hydroxyl groups excluding tert-OH is 2. The van der Waals surface area contributed by atoms with Gasteiger partial charge in [0.2, 0.25) is 0 Å². The molecule has 0 bridgehead atoms. The van der Waals surface area contributed by atoms with Crippen molar-refractivity contribution >= 4 is 5.97 Å². The molecule has 0 aromatic rings.